The Kier molecular flexibility index (Phi) is 7.08. The van der Waals surface area contributed by atoms with Crippen molar-refractivity contribution in [2.45, 2.75) is 19.9 Å². The molecule has 5 rings (SSSR count). The Morgan fingerprint density at radius 3 is 2.77 bits per heavy atom. The highest BCUT2D eigenvalue weighted by molar-refractivity contribution is 7.10. The SMILES string of the molecule is Cc1cc2[nH]nc(/C=C/c3cccc(CN4CCN(C)CC4)c3)c2cc1NC(=O)Cc1cccs1. The van der Waals surface area contributed by atoms with Gasteiger partial charge in [0.2, 0.25) is 5.91 Å². The van der Waals surface area contributed by atoms with E-state index in [-0.39, 0.29) is 5.91 Å². The van der Waals surface area contributed by atoms with Crippen molar-refractivity contribution >= 4 is 46.0 Å². The van der Waals surface area contributed by atoms with Crippen LogP contribution in [0.25, 0.3) is 23.1 Å². The van der Waals surface area contributed by atoms with Gasteiger partial charge in [-0.3, -0.25) is 14.8 Å². The molecule has 7 heteroatoms. The predicted octanol–water partition coefficient (Wildman–Crippen LogP) is 5.03. The van der Waals surface area contributed by atoms with E-state index in [2.05, 4.69) is 62.7 Å². The molecule has 3 heterocycles. The Hall–Kier alpha value is -3.26. The van der Waals surface area contributed by atoms with E-state index in [1.165, 1.54) is 5.56 Å². The highest BCUT2D eigenvalue weighted by Crippen LogP contribution is 2.26. The van der Waals surface area contributed by atoms with Crippen molar-refractivity contribution in [2.75, 3.05) is 38.5 Å². The Labute approximate surface area is 210 Å². The van der Waals surface area contributed by atoms with Crippen LogP contribution < -0.4 is 5.32 Å². The lowest BCUT2D eigenvalue weighted by Crippen LogP contribution is -2.43. The summed E-state index contributed by atoms with van der Waals surface area (Å²) in [5.41, 5.74) is 6.14. The Bertz CT molecular complexity index is 1330. The van der Waals surface area contributed by atoms with Crippen LogP contribution in [0.2, 0.25) is 0 Å². The molecule has 0 radical (unpaired) electrons. The second kappa shape index (κ2) is 10.6. The second-order valence-corrected chi connectivity index (χ2v) is 10.3. The number of thiophene rings is 1. The number of aromatic amines is 1. The van der Waals surface area contributed by atoms with Crippen LogP contribution in [-0.2, 0) is 17.8 Å². The third kappa shape index (κ3) is 5.88. The third-order valence-corrected chi connectivity index (χ3v) is 7.39. The number of rotatable bonds is 7. The van der Waals surface area contributed by atoms with E-state index in [1.54, 1.807) is 11.3 Å². The Morgan fingerprint density at radius 2 is 1.97 bits per heavy atom. The topological polar surface area (TPSA) is 64.3 Å². The first kappa shape index (κ1) is 23.5. The van der Waals surface area contributed by atoms with Crippen LogP contribution in [0.3, 0.4) is 0 Å². The quantitative estimate of drug-likeness (QED) is 0.385. The molecule has 180 valence electrons. The molecule has 1 aliphatic heterocycles. The molecule has 0 unspecified atom stereocenters. The fourth-order valence-electron chi connectivity index (χ4n) is 4.46. The summed E-state index contributed by atoms with van der Waals surface area (Å²) in [6, 6.07) is 16.7. The van der Waals surface area contributed by atoms with E-state index in [0.717, 1.165) is 71.0 Å². The van der Waals surface area contributed by atoms with Crippen LogP contribution >= 0.6 is 11.3 Å². The highest BCUT2D eigenvalue weighted by atomic mass is 32.1. The number of nitrogens with zero attached hydrogens (tertiary/aromatic N) is 3. The van der Waals surface area contributed by atoms with Crippen molar-refractivity contribution in [1.29, 1.82) is 0 Å². The van der Waals surface area contributed by atoms with Crippen molar-refractivity contribution in [3.8, 4) is 0 Å². The van der Waals surface area contributed by atoms with Crippen LogP contribution in [0, 0.1) is 6.92 Å². The van der Waals surface area contributed by atoms with Gasteiger partial charge < -0.3 is 10.2 Å². The summed E-state index contributed by atoms with van der Waals surface area (Å²) >= 11 is 1.60. The normalized spacial score (nSPS) is 15.3. The molecule has 0 spiro atoms. The molecule has 1 aliphatic rings. The molecule has 4 aromatic rings. The Balaban J connectivity index is 1.30. The summed E-state index contributed by atoms with van der Waals surface area (Å²) < 4.78 is 0. The molecule has 1 fully saturated rings. The van der Waals surface area contributed by atoms with Crippen LogP contribution in [0.4, 0.5) is 5.69 Å². The van der Waals surface area contributed by atoms with Gasteiger partial charge in [0.15, 0.2) is 0 Å². The zero-order valence-corrected chi connectivity index (χ0v) is 21.1. The van der Waals surface area contributed by atoms with Crippen molar-refractivity contribution in [2.24, 2.45) is 0 Å². The maximum absolute atomic E-state index is 12.5. The molecule has 1 saturated heterocycles. The lowest BCUT2D eigenvalue weighted by atomic mass is 10.1. The molecule has 35 heavy (non-hydrogen) atoms. The number of hydrogen-bond donors (Lipinski definition) is 2. The van der Waals surface area contributed by atoms with Gasteiger partial charge >= 0.3 is 0 Å². The van der Waals surface area contributed by atoms with Gasteiger partial charge in [-0.2, -0.15) is 5.10 Å². The van der Waals surface area contributed by atoms with Gasteiger partial charge in [-0.15, -0.1) is 11.3 Å². The average molecular weight is 486 g/mol. The first-order chi connectivity index (χ1) is 17.0. The molecule has 2 aromatic heterocycles. The van der Waals surface area contributed by atoms with Gasteiger partial charge in [0.05, 0.1) is 17.6 Å². The van der Waals surface area contributed by atoms with E-state index in [0.29, 0.717) is 6.42 Å². The minimum Gasteiger partial charge on any atom is -0.326 e. The fourth-order valence-corrected chi connectivity index (χ4v) is 5.16. The molecular formula is C28H31N5OS. The number of likely N-dealkylation sites (N-methyl/N-ethyl adjacent to an activating group) is 1. The van der Waals surface area contributed by atoms with Crippen LogP contribution in [0.15, 0.2) is 53.9 Å². The largest absolute Gasteiger partial charge is 0.326 e. The van der Waals surface area contributed by atoms with Gasteiger partial charge in [0, 0.05) is 48.7 Å². The minimum atomic E-state index is -0.00680. The third-order valence-electron chi connectivity index (χ3n) is 6.51. The second-order valence-electron chi connectivity index (χ2n) is 9.28. The van der Waals surface area contributed by atoms with E-state index in [4.69, 9.17) is 0 Å². The number of hydrogen-bond acceptors (Lipinski definition) is 5. The van der Waals surface area contributed by atoms with Crippen LogP contribution in [0.5, 0.6) is 0 Å². The summed E-state index contributed by atoms with van der Waals surface area (Å²) in [5.74, 6) is -0.00680. The van der Waals surface area contributed by atoms with Crippen LogP contribution in [0.1, 0.15) is 27.3 Å². The predicted molar refractivity (Wildman–Crippen MR) is 146 cm³/mol. The monoisotopic (exact) mass is 485 g/mol. The molecule has 2 N–H and O–H groups in total. The van der Waals surface area contributed by atoms with Crippen molar-refractivity contribution in [3.05, 3.63) is 81.2 Å². The van der Waals surface area contributed by atoms with Gasteiger partial charge in [-0.05, 0) is 60.3 Å². The lowest BCUT2D eigenvalue weighted by molar-refractivity contribution is -0.115. The number of H-pyrrole nitrogens is 1. The standard InChI is InChI=1S/C28H31N5OS/c1-20-15-27-24(18-26(20)29-28(34)17-23-7-4-14-35-23)25(30-31-27)9-8-21-5-3-6-22(16-21)19-33-12-10-32(2)11-13-33/h3-9,14-16,18H,10-13,17,19H2,1-2H3,(H,29,34)(H,30,31)/b9-8+. The number of amides is 1. The molecule has 0 bridgehead atoms. The highest BCUT2D eigenvalue weighted by Gasteiger charge is 2.14. The number of aryl methyl sites for hydroxylation is 1. The molecule has 1 amide bonds. The molecule has 6 nitrogen and oxygen atoms in total. The number of aromatic nitrogens is 2. The van der Waals surface area contributed by atoms with Crippen molar-refractivity contribution in [3.63, 3.8) is 0 Å². The number of piperazine rings is 1. The zero-order chi connectivity index (χ0) is 24.2. The number of nitrogens with one attached hydrogen (secondary N) is 2. The number of carbonyl (C=O) groups is 1. The first-order valence-corrected chi connectivity index (χ1v) is 12.9. The summed E-state index contributed by atoms with van der Waals surface area (Å²) in [7, 11) is 2.19. The minimum absolute atomic E-state index is 0.00680. The van der Waals surface area contributed by atoms with Gasteiger partial charge in [-0.1, -0.05) is 36.4 Å². The van der Waals surface area contributed by atoms with Gasteiger partial charge in [-0.25, -0.2) is 0 Å². The summed E-state index contributed by atoms with van der Waals surface area (Å²) in [6.07, 6.45) is 4.54. The lowest BCUT2D eigenvalue weighted by Gasteiger charge is -2.32. The number of anilines is 1. The first-order valence-electron chi connectivity index (χ1n) is 12.0. The maximum atomic E-state index is 12.5. The average Bonchev–Trinajstić information content (AvgIpc) is 3.49. The smallest absolute Gasteiger partial charge is 0.229 e. The van der Waals surface area contributed by atoms with E-state index in [9.17, 15) is 4.79 Å². The molecule has 0 atom stereocenters. The molecule has 0 aliphatic carbocycles. The Morgan fingerprint density at radius 1 is 1.11 bits per heavy atom. The summed E-state index contributed by atoms with van der Waals surface area (Å²) in [6.45, 7) is 7.46. The van der Waals surface area contributed by atoms with Crippen molar-refractivity contribution in [1.82, 2.24) is 20.0 Å². The maximum Gasteiger partial charge on any atom is 0.229 e. The van der Waals surface area contributed by atoms with E-state index < -0.39 is 0 Å². The van der Waals surface area contributed by atoms with Crippen LogP contribution in [-0.4, -0.2) is 59.1 Å². The molecule has 2 aromatic carbocycles. The molecular weight excluding hydrogens is 454 g/mol. The van der Waals surface area contributed by atoms with Crippen molar-refractivity contribution < 1.29 is 4.79 Å². The van der Waals surface area contributed by atoms with E-state index in [1.807, 2.05) is 42.6 Å². The number of fused-ring (bicyclic) bond motifs is 1. The van der Waals surface area contributed by atoms with Gasteiger partial charge in [0.1, 0.15) is 0 Å². The molecule has 0 saturated carbocycles. The zero-order valence-electron chi connectivity index (χ0n) is 20.3. The summed E-state index contributed by atoms with van der Waals surface area (Å²) in [4.78, 5) is 18.5. The fraction of sp³-hybridized carbons (Fsp3) is 0.286. The van der Waals surface area contributed by atoms with E-state index >= 15 is 0 Å². The number of benzene rings is 2. The summed E-state index contributed by atoms with van der Waals surface area (Å²) in [5, 5.41) is 13.7. The van der Waals surface area contributed by atoms with Gasteiger partial charge in [0.25, 0.3) is 0 Å². The number of carbonyl (C=O) groups excluding carboxylic acids is 1.